The van der Waals surface area contributed by atoms with Crippen LogP contribution in [-0.4, -0.2) is 23.1 Å². The van der Waals surface area contributed by atoms with Gasteiger partial charge < -0.3 is 15.6 Å². The van der Waals surface area contributed by atoms with Crippen LogP contribution in [0.25, 0.3) is 0 Å². The van der Waals surface area contributed by atoms with E-state index in [0.29, 0.717) is 0 Å². The van der Waals surface area contributed by atoms with E-state index in [4.69, 9.17) is 15.6 Å². The Hall–Kier alpha value is -2.31. The highest BCUT2D eigenvalue weighted by Crippen LogP contribution is 2.34. The lowest BCUT2D eigenvalue weighted by Gasteiger charge is -2.05. The van der Waals surface area contributed by atoms with Crippen LogP contribution in [0, 0.1) is 10.1 Å². The van der Waals surface area contributed by atoms with Crippen LogP contribution < -0.4 is 10.5 Å². The summed E-state index contributed by atoms with van der Waals surface area (Å²) in [6, 6.07) is 2.07. The number of anilines is 1. The number of rotatable bonds is 3. The van der Waals surface area contributed by atoms with E-state index in [9.17, 15) is 14.9 Å². The summed E-state index contributed by atoms with van der Waals surface area (Å²) in [7, 11) is 1.20. The summed E-state index contributed by atoms with van der Waals surface area (Å²) in [6.45, 7) is 0. The lowest BCUT2D eigenvalue weighted by Crippen LogP contribution is -2.03. The molecule has 3 N–H and O–H groups in total. The molecule has 0 heterocycles. The number of nitro groups is 1. The van der Waals surface area contributed by atoms with Gasteiger partial charge in [-0.2, -0.15) is 0 Å². The number of carboxylic acid groups (broad SMARTS) is 1. The third-order valence-corrected chi connectivity index (χ3v) is 1.75. The summed E-state index contributed by atoms with van der Waals surface area (Å²) in [5.41, 5.74) is 4.53. The molecule has 0 unspecified atom stereocenters. The van der Waals surface area contributed by atoms with Crippen LogP contribution in [0.3, 0.4) is 0 Å². The zero-order chi connectivity index (χ0) is 11.6. The molecule has 0 aliphatic carbocycles. The van der Waals surface area contributed by atoms with Gasteiger partial charge in [0.1, 0.15) is 5.69 Å². The highest BCUT2D eigenvalue weighted by molar-refractivity contribution is 5.91. The van der Waals surface area contributed by atoms with Crippen LogP contribution in [0.2, 0.25) is 0 Å². The average molecular weight is 212 g/mol. The highest BCUT2D eigenvalue weighted by Gasteiger charge is 2.22. The van der Waals surface area contributed by atoms with E-state index in [0.717, 1.165) is 12.1 Å². The first-order valence-electron chi connectivity index (χ1n) is 3.82. The van der Waals surface area contributed by atoms with Crippen molar-refractivity contribution in [3.05, 3.63) is 27.8 Å². The minimum Gasteiger partial charge on any atom is -0.490 e. The summed E-state index contributed by atoms with van der Waals surface area (Å²) < 4.78 is 4.69. The van der Waals surface area contributed by atoms with Gasteiger partial charge in [0.25, 0.3) is 0 Å². The smallest absolute Gasteiger partial charge is 0.335 e. The Labute approximate surface area is 84.2 Å². The van der Waals surface area contributed by atoms with Crippen molar-refractivity contribution in [2.24, 2.45) is 0 Å². The summed E-state index contributed by atoms with van der Waals surface area (Å²) in [5, 5.41) is 19.3. The fraction of sp³-hybridized carbons (Fsp3) is 0.125. The van der Waals surface area contributed by atoms with Gasteiger partial charge in [-0.3, -0.25) is 10.1 Å². The first kappa shape index (κ1) is 10.8. The van der Waals surface area contributed by atoms with Gasteiger partial charge in [-0.15, -0.1) is 0 Å². The molecule has 0 saturated heterocycles. The molecule has 0 aliphatic rings. The van der Waals surface area contributed by atoms with Crippen LogP contribution in [0.4, 0.5) is 11.4 Å². The molecule has 15 heavy (non-hydrogen) atoms. The van der Waals surface area contributed by atoms with Crippen molar-refractivity contribution in [3.63, 3.8) is 0 Å². The van der Waals surface area contributed by atoms with Crippen LogP contribution in [0.1, 0.15) is 10.4 Å². The fourth-order valence-electron chi connectivity index (χ4n) is 1.10. The van der Waals surface area contributed by atoms with Gasteiger partial charge in [-0.05, 0) is 6.07 Å². The number of ether oxygens (including phenoxy) is 1. The first-order valence-corrected chi connectivity index (χ1v) is 3.82. The molecule has 7 heteroatoms. The molecule has 0 aliphatic heterocycles. The van der Waals surface area contributed by atoms with Gasteiger partial charge in [-0.1, -0.05) is 0 Å². The summed E-state index contributed by atoms with van der Waals surface area (Å²) in [4.78, 5) is 20.5. The topological polar surface area (TPSA) is 116 Å². The first-order chi connectivity index (χ1) is 6.97. The zero-order valence-electron chi connectivity index (χ0n) is 7.76. The summed E-state index contributed by atoms with van der Waals surface area (Å²) >= 11 is 0. The Kier molecular flexibility index (Phi) is 2.75. The van der Waals surface area contributed by atoms with Crippen molar-refractivity contribution in [1.82, 2.24) is 0 Å². The second-order valence-electron chi connectivity index (χ2n) is 2.68. The fourth-order valence-corrected chi connectivity index (χ4v) is 1.10. The van der Waals surface area contributed by atoms with Crippen molar-refractivity contribution >= 4 is 17.3 Å². The maximum atomic E-state index is 10.6. The molecule has 80 valence electrons. The summed E-state index contributed by atoms with van der Waals surface area (Å²) in [5.74, 6) is -1.40. The second-order valence-corrected chi connectivity index (χ2v) is 2.68. The quantitative estimate of drug-likeness (QED) is 0.436. The van der Waals surface area contributed by atoms with Crippen LogP contribution in [0.15, 0.2) is 12.1 Å². The molecule has 0 radical (unpaired) electrons. The maximum absolute atomic E-state index is 10.6. The molecule has 0 bridgehead atoms. The minimum absolute atomic E-state index is 0.157. The van der Waals surface area contributed by atoms with E-state index in [2.05, 4.69) is 0 Å². The third-order valence-electron chi connectivity index (χ3n) is 1.75. The highest BCUT2D eigenvalue weighted by atomic mass is 16.6. The van der Waals surface area contributed by atoms with Crippen molar-refractivity contribution in [1.29, 1.82) is 0 Å². The Bertz CT molecular complexity index is 429. The van der Waals surface area contributed by atoms with E-state index in [-0.39, 0.29) is 17.0 Å². The number of nitrogens with two attached hydrogens (primary N) is 1. The van der Waals surface area contributed by atoms with Crippen molar-refractivity contribution in [2.45, 2.75) is 0 Å². The number of hydrogen-bond donors (Lipinski definition) is 2. The summed E-state index contributed by atoms with van der Waals surface area (Å²) in [6.07, 6.45) is 0. The number of nitrogen functional groups attached to an aromatic ring is 1. The standard InChI is InChI=1S/C8H8N2O5/c1-15-6-3-4(8(11)12)2-5(9)7(6)10(13)14/h2-3H,9H2,1H3,(H,11,12). The van der Waals surface area contributed by atoms with Crippen molar-refractivity contribution < 1.29 is 19.6 Å². The number of nitro benzene ring substituents is 1. The predicted octanol–water partition coefficient (Wildman–Crippen LogP) is 0.884. The Morgan fingerprint density at radius 1 is 1.60 bits per heavy atom. The lowest BCUT2D eigenvalue weighted by molar-refractivity contribution is -0.384. The molecule has 0 spiro atoms. The number of carboxylic acids is 1. The molecule has 0 saturated carbocycles. The van der Waals surface area contributed by atoms with Crippen LogP contribution in [0.5, 0.6) is 5.75 Å². The van der Waals surface area contributed by atoms with E-state index in [1.54, 1.807) is 0 Å². The number of carbonyl (C=O) groups is 1. The largest absolute Gasteiger partial charge is 0.490 e. The molecule has 0 fully saturated rings. The van der Waals surface area contributed by atoms with Crippen LogP contribution >= 0.6 is 0 Å². The molecule has 0 amide bonds. The number of methoxy groups -OCH3 is 1. The number of hydrogen-bond acceptors (Lipinski definition) is 5. The van der Waals surface area contributed by atoms with Crippen LogP contribution in [-0.2, 0) is 0 Å². The van der Waals surface area contributed by atoms with E-state index in [1.807, 2.05) is 0 Å². The second kappa shape index (κ2) is 3.82. The van der Waals surface area contributed by atoms with Crippen molar-refractivity contribution in [3.8, 4) is 5.75 Å². The SMILES string of the molecule is COc1cc(C(=O)O)cc(N)c1[N+](=O)[O-]. The normalized spacial score (nSPS) is 9.67. The molecule has 7 nitrogen and oxygen atoms in total. The zero-order valence-corrected chi connectivity index (χ0v) is 7.76. The Balaban J connectivity index is 3.43. The van der Waals surface area contributed by atoms with Gasteiger partial charge in [0.15, 0.2) is 5.75 Å². The predicted molar refractivity (Wildman–Crippen MR) is 51.0 cm³/mol. The van der Waals surface area contributed by atoms with Gasteiger partial charge in [0.05, 0.1) is 17.6 Å². The molecule has 0 aromatic heterocycles. The average Bonchev–Trinajstić information content (AvgIpc) is 2.15. The molecule has 0 atom stereocenters. The van der Waals surface area contributed by atoms with E-state index < -0.39 is 16.6 Å². The number of aromatic carboxylic acids is 1. The lowest BCUT2D eigenvalue weighted by atomic mass is 10.1. The monoisotopic (exact) mass is 212 g/mol. The molecule has 1 rings (SSSR count). The van der Waals surface area contributed by atoms with E-state index >= 15 is 0 Å². The Morgan fingerprint density at radius 2 is 2.20 bits per heavy atom. The van der Waals surface area contributed by atoms with Gasteiger partial charge in [-0.25, -0.2) is 4.79 Å². The molecular weight excluding hydrogens is 204 g/mol. The van der Waals surface area contributed by atoms with Crippen molar-refractivity contribution in [2.75, 3.05) is 12.8 Å². The Morgan fingerprint density at radius 3 is 2.60 bits per heavy atom. The number of benzene rings is 1. The number of nitrogens with zero attached hydrogens (tertiary/aromatic N) is 1. The van der Waals surface area contributed by atoms with Gasteiger partial charge in [0, 0.05) is 6.07 Å². The van der Waals surface area contributed by atoms with Gasteiger partial charge >= 0.3 is 11.7 Å². The third kappa shape index (κ3) is 1.96. The van der Waals surface area contributed by atoms with E-state index in [1.165, 1.54) is 7.11 Å². The molecule has 1 aromatic rings. The minimum atomic E-state index is -1.23. The molecular formula is C8H8N2O5. The molecule has 1 aromatic carbocycles. The maximum Gasteiger partial charge on any atom is 0.335 e. The van der Waals surface area contributed by atoms with Gasteiger partial charge in [0.2, 0.25) is 0 Å².